The molecule has 19 heavy (non-hydrogen) atoms. The van der Waals surface area contributed by atoms with E-state index < -0.39 is 11.6 Å². The third-order valence-electron chi connectivity index (χ3n) is 3.84. The predicted octanol–water partition coefficient (Wildman–Crippen LogP) is 3.32. The molecule has 0 saturated carbocycles. The maximum absolute atomic E-state index is 13.5. The highest BCUT2D eigenvalue weighted by molar-refractivity contribution is 5.96. The second-order valence-electron chi connectivity index (χ2n) is 5.20. The minimum atomic E-state index is -0.644. The van der Waals surface area contributed by atoms with Crippen molar-refractivity contribution in [2.75, 3.05) is 6.54 Å². The van der Waals surface area contributed by atoms with Crippen molar-refractivity contribution in [3.63, 3.8) is 0 Å². The molecule has 1 aliphatic rings. The minimum absolute atomic E-state index is 0.0777. The average Bonchev–Trinajstić information content (AvgIpc) is 2.41. The molecule has 4 heteroatoms. The number of rotatable bonds is 4. The summed E-state index contributed by atoms with van der Waals surface area (Å²) in [7, 11) is 0. The molecule has 1 fully saturated rings. The summed E-state index contributed by atoms with van der Waals surface area (Å²) in [5.41, 5.74) is -0.138. The van der Waals surface area contributed by atoms with Crippen LogP contribution in [0.1, 0.15) is 43.0 Å². The molecule has 0 aliphatic carbocycles. The molecule has 0 aromatic heterocycles. The Morgan fingerprint density at radius 3 is 2.95 bits per heavy atom. The third-order valence-corrected chi connectivity index (χ3v) is 3.84. The van der Waals surface area contributed by atoms with Gasteiger partial charge in [-0.3, -0.25) is 4.79 Å². The Kier molecular flexibility index (Phi) is 4.64. The second kappa shape index (κ2) is 6.24. The molecule has 0 amide bonds. The first-order valence-corrected chi connectivity index (χ1v) is 6.81. The normalized spacial score (nSPS) is 23.3. The Morgan fingerprint density at radius 2 is 2.21 bits per heavy atom. The molecule has 1 N–H and O–H groups in total. The van der Waals surface area contributed by atoms with Gasteiger partial charge in [0.2, 0.25) is 0 Å². The van der Waals surface area contributed by atoms with Crippen LogP contribution in [0.15, 0.2) is 18.2 Å². The average molecular weight is 267 g/mol. The molecule has 104 valence electrons. The Labute approximate surface area is 112 Å². The largest absolute Gasteiger partial charge is 0.314 e. The summed E-state index contributed by atoms with van der Waals surface area (Å²) in [6, 6.07) is 3.09. The van der Waals surface area contributed by atoms with Crippen LogP contribution in [0.25, 0.3) is 0 Å². The highest BCUT2D eigenvalue weighted by atomic mass is 19.1. The van der Waals surface area contributed by atoms with Crippen molar-refractivity contribution in [2.45, 2.75) is 38.6 Å². The molecule has 0 radical (unpaired) electrons. The lowest BCUT2D eigenvalue weighted by Crippen LogP contribution is -2.39. The van der Waals surface area contributed by atoms with E-state index in [1.165, 1.54) is 0 Å². The first-order valence-electron chi connectivity index (χ1n) is 6.81. The zero-order valence-electron chi connectivity index (χ0n) is 11.1. The molecule has 0 bridgehead atoms. The SMILES string of the molecule is CCC1CCNC(CC(=O)c2cc(F)ccc2F)C1. The first kappa shape index (κ1) is 14.1. The van der Waals surface area contributed by atoms with Gasteiger partial charge >= 0.3 is 0 Å². The van der Waals surface area contributed by atoms with Crippen LogP contribution in [0.2, 0.25) is 0 Å². The van der Waals surface area contributed by atoms with Gasteiger partial charge in [-0.1, -0.05) is 13.3 Å². The minimum Gasteiger partial charge on any atom is -0.314 e. The molecule has 1 heterocycles. The van der Waals surface area contributed by atoms with Gasteiger partial charge in [0.25, 0.3) is 0 Å². The number of halogens is 2. The fraction of sp³-hybridized carbons (Fsp3) is 0.533. The van der Waals surface area contributed by atoms with Crippen molar-refractivity contribution in [1.82, 2.24) is 5.32 Å². The smallest absolute Gasteiger partial charge is 0.167 e. The van der Waals surface area contributed by atoms with Crippen LogP contribution < -0.4 is 5.32 Å². The fourth-order valence-corrected chi connectivity index (χ4v) is 2.67. The van der Waals surface area contributed by atoms with Gasteiger partial charge in [-0.15, -0.1) is 0 Å². The molecule has 2 rings (SSSR count). The van der Waals surface area contributed by atoms with E-state index in [-0.39, 0.29) is 23.8 Å². The van der Waals surface area contributed by atoms with Crippen molar-refractivity contribution in [1.29, 1.82) is 0 Å². The summed E-state index contributed by atoms with van der Waals surface area (Å²) in [5, 5.41) is 3.28. The summed E-state index contributed by atoms with van der Waals surface area (Å²) >= 11 is 0. The summed E-state index contributed by atoms with van der Waals surface area (Å²) in [4.78, 5) is 12.0. The fourth-order valence-electron chi connectivity index (χ4n) is 2.67. The molecule has 1 aliphatic heterocycles. The van der Waals surface area contributed by atoms with E-state index in [1.807, 2.05) is 0 Å². The maximum Gasteiger partial charge on any atom is 0.167 e. The zero-order valence-corrected chi connectivity index (χ0v) is 11.1. The summed E-state index contributed by atoms with van der Waals surface area (Å²) in [5.74, 6) is -0.926. The monoisotopic (exact) mass is 267 g/mol. The van der Waals surface area contributed by atoms with Crippen molar-refractivity contribution in [3.8, 4) is 0 Å². The van der Waals surface area contributed by atoms with Crippen molar-refractivity contribution in [3.05, 3.63) is 35.4 Å². The van der Waals surface area contributed by atoms with Crippen molar-refractivity contribution in [2.24, 2.45) is 5.92 Å². The van der Waals surface area contributed by atoms with E-state index in [1.54, 1.807) is 0 Å². The lowest BCUT2D eigenvalue weighted by Gasteiger charge is -2.29. The number of carbonyl (C=O) groups excluding carboxylic acids is 1. The van der Waals surface area contributed by atoms with Gasteiger partial charge < -0.3 is 5.32 Å². The van der Waals surface area contributed by atoms with Crippen LogP contribution in [0.4, 0.5) is 8.78 Å². The van der Waals surface area contributed by atoms with Gasteiger partial charge in [-0.2, -0.15) is 0 Å². The zero-order chi connectivity index (χ0) is 13.8. The number of ketones is 1. The number of carbonyl (C=O) groups is 1. The first-order chi connectivity index (χ1) is 9.10. The lowest BCUT2D eigenvalue weighted by molar-refractivity contribution is 0.0952. The molecule has 2 nitrogen and oxygen atoms in total. The van der Waals surface area contributed by atoms with Crippen LogP contribution in [0, 0.1) is 17.6 Å². The van der Waals surface area contributed by atoms with E-state index >= 15 is 0 Å². The quantitative estimate of drug-likeness (QED) is 0.848. The van der Waals surface area contributed by atoms with Gasteiger partial charge in [0.1, 0.15) is 11.6 Å². The molecule has 2 atom stereocenters. The second-order valence-corrected chi connectivity index (χ2v) is 5.20. The number of hydrogen-bond donors (Lipinski definition) is 1. The maximum atomic E-state index is 13.5. The van der Waals surface area contributed by atoms with Gasteiger partial charge in [0, 0.05) is 12.5 Å². The number of hydrogen-bond acceptors (Lipinski definition) is 2. The molecule has 1 saturated heterocycles. The third kappa shape index (κ3) is 3.60. The molecule has 1 aromatic carbocycles. The Morgan fingerprint density at radius 1 is 1.42 bits per heavy atom. The summed E-state index contributed by atoms with van der Waals surface area (Å²) in [6.45, 7) is 3.03. The number of Topliss-reactive ketones (excluding diaryl/α,β-unsaturated/α-hetero) is 1. The van der Waals surface area contributed by atoms with E-state index in [2.05, 4.69) is 12.2 Å². The number of piperidine rings is 1. The molecule has 0 spiro atoms. The molecule has 2 unspecified atom stereocenters. The highest BCUT2D eigenvalue weighted by Gasteiger charge is 2.24. The molecular weight excluding hydrogens is 248 g/mol. The lowest BCUT2D eigenvalue weighted by atomic mass is 9.87. The van der Waals surface area contributed by atoms with Gasteiger partial charge in [0.15, 0.2) is 5.78 Å². The van der Waals surface area contributed by atoms with Crippen LogP contribution in [0.3, 0.4) is 0 Å². The van der Waals surface area contributed by atoms with Crippen LogP contribution in [-0.2, 0) is 0 Å². The van der Waals surface area contributed by atoms with Crippen LogP contribution in [-0.4, -0.2) is 18.4 Å². The van der Waals surface area contributed by atoms with Gasteiger partial charge in [-0.05, 0) is 43.5 Å². The molecular formula is C15H19F2NO. The van der Waals surface area contributed by atoms with E-state index in [9.17, 15) is 13.6 Å². The van der Waals surface area contributed by atoms with Gasteiger partial charge in [0.05, 0.1) is 5.56 Å². The van der Waals surface area contributed by atoms with E-state index in [4.69, 9.17) is 0 Å². The summed E-state index contributed by atoms with van der Waals surface area (Å²) < 4.78 is 26.6. The predicted molar refractivity (Wildman–Crippen MR) is 70.1 cm³/mol. The van der Waals surface area contributed by atoms with Gasteiger partial charge in [-0.25, -0.2) is 8.78 Å². The highest BCUT2D eigenvalue weighted by Crippen LogP contribution is 2.22. The van der Waals surface area contributed by atoms with Crippen LogP contribution >= 0.6 is 0 Å². The number of benzene rings is 1. The Hall–Kier alpha value is -1.29. The Bertz CT molecular complexity index is 461. The van der Waals surface area contributed by atoms with Crippen molar-refractivity contribution < 1.29 is 13.6 Å². The van der Waals surface area contributed by atoms with E-state index in [0.29, 0.717) is 5.92 Å². The standard InChI is InChI=1S/C15H19F2NO/c1-2-10-5-6-18-12(7-10)9-15(19)13-8-11(16)3-4-14(13)17/h3-4,8,10,12,18H,2,5-7,9H2,1H3. The van der Waals surface area contributed by atoms with Crippen LogP contribution in [0.5, 0.6) is 0 Å². The summed E-state index contributed by atoms with van der Waals surface area (Å²) in [6.07, 6.45) is 3.38. The topological polar surface area (TPSA) is 29.1 Å². The molecule has 1 aromatic rings. The number of nitrogens with one attached hydrogen (secondary N) is 1. The van der Waals surface area contributed by atoms with Crippen molar-refractivity contribution >= 4 is 5.78 Å². The Balaban J connectivity index is 2.02. The van der Waals surface area contributed by atoms with E-state index in [0.717, 1.165) is 44.0 Å².